The standard InChI is InChI=1S/C13H7BrClNO/c14-8-5-6-12-11(7-8)16-13(17-12)9-3-1-2-4-10(9)15/h1-7H. The fourth-order valence-electron chi connectivity index (χ4n) is 1.65. The molecule has 0 aliphatic carbocycles. The van der Waals surface area contributed by atoms with Crippen molar-refractivity contribution in [3.8, 4) is 11.5 Å². The Hall–Kier alpha value is -1.32. The van der Waals surface area contributed by atoms with E-state index in [-0.39, 0.29) is 0 Å². The predicted octanol–water partition coefficient (Wildman–Crippen LogP) is 4.91. The van der Waals surface area contributed by atoms with Gasteiger partial charge in [-0.3, -0.25) is 0 Å². The summed E-state index contributed by atoms with van der Waals surface area (Å²) in [6, 6.07) is 13.2. The third-order valence-corrected chi connectivity index (χ3v) is 3.28. The molecule has 0 N–H and O–H groups in total. The first-order valence-corrected chi connectivity index (χ1v) is 6.22. The lowest BCUT2D eigenvalue weighted by atomic mass is 10.2. The van der Waals surface area contributed by atoms with Crippen LogP contribution in [0.4, 0.5) is 0 Å². The smallest absolute Gasteiger partial charge is 0.228 e. The summed E-state index contributed by atoms with van der Waals surface area (Å²) in [4.78, 5) is 4.42. The number of oxazole rings is 1. The van der Waals surface area contributed by atoms with Crippen molar-refractivity contribution in [1.82, 2.24) is 4.98 Å². The summed E-state index contributed by atoms with van der Waals surface area (Å²) < 4.78 is 6.65. The first kappa shape index (κ1) is 10.8. The highest BCUT2D eigenvalue weighted by molar-refractivity contribution is 9.10. The second kappa shape index (κ2) is 4.17. The maximum absolute atomic E-state index is 6.11. The van der Waals surface area contributed by atoms with Crippen LogP contribution in [0.1, 0.15) is 0 Å². The zero-order valence-electron chi connectivity index (χ0n) is 8.65. The summed E-state index contributed by atoms with van der Waals surface area (Å²) in [6.45, 7) is 0. The number of nitrogens with zero attached hydrogens (tertiary/aromatic N) is 1. The third-order valence-electron chi connectivity index (χ3n) is 2.45. The van der Waals surface area contributed by atoms with Crippen molar-refractivity contribution in [2.45, 2.75) is 0 Å². The van der Waals surface area contributed by atoms with Gasteiger partial charge in [0.2, 0.25) is 5.89 Å². The highest BCUT2D eigenvalue weighted by Gasteiger charge is 2.10. The van der Waals surface area contributed by atoms with Crippen LogP contribution in [0.5, 0.6) is 0 Å². The van der Waals surface area contributed by atoms with E-state index in [1.54, 1.807) is 0 Å². The molecule has 0 aliphatic heterocycles. The van der Waals surface area contributed by atoms with Crippen molar-refractivity contribution < 1.29 is 4.42 Å². The molecule has 4 heteroatoms. The van der Waals surface area contributed by atoms with Crippen LogP contribution in [0.25, 0.3) is 22.6 Å². The average Bonchev–Trinajstić information content (AvgIpc) is 2.72. The molecule has 3 rings (SSSR count). The van der Waals surface area contributed by atoms with E-state index in [1.165, 1.54) is 0 Å². The molecular weight excluding hydrogens is 302 g/mol. The van der Waals surface area contributed by atoms with Gasteiger partial charge < -0.3 is 4.42 Å². The lowest BCUT2D eigenvalue weighted by molar-refractivity contribution is 0.620. The highest BCUT2D eigenvalue weighted by atomic mass is 79.9. The van der Waals surface area contributed by atoms with Crippen molar-refractivity contribution >= 4 is 38.6 Å². The van der Waals surface area contributed by atoms with E-state index >= 15 is 0 Å². The number of fused-ring (bicyclic) bond motifs is 1. The van der Waals surface area contributed by atoms with Gasteiger partial charge in [-0.1, -0.05) is 39.7 Å². The molecule has 0 spiro atoms. The average molecular weight is 309 g/mol. The maximum atomic E-state index is 6.11. The van der Waals surface area contributed by atoms with Crippen LogP contribution >= 0.6 is 27.5 Å². The minimum Gasteiger partial charge on any atom is -0.436 e. The van der Waals surface area contributed by atoms with E-state index in [0.29, 0.717) is 10.9 Å². The fourth-order valence-corrected chi connectivity index (χ4v) is 2.22. The fraction of sp³-hybridized carbons (Fsp3) is 0. The largest absolute Gasteiger partial charge is 0.436 e. The summed E-state index contributed by atoms with van der Waals surface area (Å²) in [5, 5.41) is 0.637. The van der Waals surface area contributed by atoms with Gasteiger partial charge in [0.15, 0.2) is 5.58 Å². The quantitative estimate of drug-likeness (QED) is 0.638. The second-order valence-corrected chi connectivity index (χ2v) is 4.93. The van der Waals surface area contributed by atoms with Crippen LogP contribution < -0.4 is 0 Å². The van der Waals surface area contributed by atoms with Crippen LogP contribution in [0.2, 0.25) is 5.02 Å². The lowest BCUT2D eigenvalue weighted by Crippen LogP contribution is -1.77. The molecule has 2 aromatic carbocycles. The van der Waals surface area contributed by atoms with Gasteiger partial charge in [0.1, 0.15) is 5.52 Å². The summed E-state index contributed by atoms with van der Waals surface area (Å²) >= 11 is 9.51. The van der Waals surface area contributed by atoms with Crippen molar-refractivity contribution in [3.63, 3.8) is 0 Å². The van der Waals surface area contributed by atoms with E-state index in [0.717, 1.165) is 21.1 Å². The molecular formula is C13H7BrClNO. The Bertz CT molecular complexity index is 693. The molecule has 1 heterocycles. The Labute approximate surface area is 111 Å². The van der Waals surface area contributed by atoms with E-state index in [4.69, 9.17) is 16.0 Å². The normalized spacial score (nSPS) is 10.9. The van der Waals surface area contributed by atoms with Crippen molar-refractivity contribution in [1.29, 1.82) is 0 Å². The monoisotopic (exact) mass is 307 g/mol. The summed E-state index contributed by atoms with van der Waals surface area (Å²) in [7, 11) is 0. The van der Waals surface area contributed by atoms with Crippen LogP contribution in [0, 0.1) is 0 Å². The summed E-state index contributed by atoms with van der Waals surface area (Å²) in [5.41, 5.74) is 2.37. The van der Waals surface area contributed by atoms with Gasteiger partial charge in [-0.25, -0.2) is 4.98 Å². The molecule has 3 aromatic rings. The number of hydrogen-bond donors (Lipinski definition) is 0. The molecule has 0 radical (unpaired) electrons. The van der Waals surface area contributed by atoms with Crippen LogP contribution in [0.3, 0.4) is 0 Å². The van der Waals surface area contributed by atoms with Gasteiger partial charge in [-0.05, 0) is 30.3 Å². The number of aromatic nitrogens is 1. The Morgan fingerprint density at radius 1 is 1.12 bits per heavy atom. The SMILES string of the molecule is Clc1ccccc1-c1nc2cc(Br)ccc2o1. The zero-order chi connectivity index (χ0) is 11.8. The van der Waals surface area contributed by atoms with Crippen molar-refractivity contribution in [3.05, 3.63) is 52.0 Å². The predicted molar refractivity (Wildman–Crippen MR) is 72.2 cm³/mol. The molecule has 17 heavy (non-hydrogen) atoms. The van der Waals surface area contributed by atoms with E-state index in [9.17, 15) is 0 Å². The Kier molecular flexibility index (Phi) is 2.65. The molecule has 0 aliphatic rings. The lowest BCUT2D eigenvalue weighted by Gasteiger charge is -1.96. The van der Waals surface area contributed by atoms with Crippen LogP contribution in [-0.2, 0) is 0 Å². The minimum absolute atomic E-state index is 0.545. The maximum Gasteiger partial charge on any atom is 0.228 e. The molecule has 0 atom stereocenters. The number of benzene rings is 2. The van der Waals surface area contributed by atoms with Crippen LogP contribution in [0.15, 0.2) is 51.4 Å². The van der Waals surface area contributed by atoms with Gasteiger partial charge in [-0.2, -0.15) is 0 Å². The molecule has 0 amide bonds. The van der Waals surface area contributed by atoms with Gasteiger partial charge in [0.05, 0.1) is 10.6 Å². The number of hydrogen-bond acceptors (Lipinski definition) is 2. The van der Waals surface area contributed by atoms with Gasteiger partial charge in [-0.15, -0.1) is 0 Å². The first-order chi connectivity index (χ1) is 8.24. The molecule has 0 saturated heterocycles. The van der Waals surface area contributed by atoms with Gasteiger partial charge in [0, 0.05) is 4.47 Å². The molecule has 84 valence electrons. The second-order valence-electron chi connectivity index (χ2n) is 3.61. The van der Waals surface area contributed by atoms with Crippen molar-refractivity contribution in [2.75, 3.05) is 0 Å². The summed E-state index contributed by atoms with van der Waals surface area (Å²) in [6.07, 6.45) is 0. The third kappa shape index (κ3) is 1.96. The molecule has 0 unspecified atom stereocenters. The molecule has 0 fully saturated rings. The Morgan fingerprint density at radius 3 is 2.76 bits per heavy atom. The highest BCUT2D eigenvalue weighted by Crippen LogP contribution is 2.30. The Balaban J connectivity index is 2.22. The molecule has 2 nitrogen and oxygen atoms in total. The van der Waals surface area contributed by atoms with E-state index < -0.39 is 0 Å². The molecule has 1 aromatic heterocycles. The number of rotatable bonds is 1. The van der Waals surface area contributed by atoms with Crippen molar-refractivity contribution in [2.24, 2.45) is 0 Å². The van der Waals surface area contributed by atoms with Gasteiger partial charge in [0.25, 0.3) is 0 Å². The molecule has 0 bridgehead atoms. The van der Waals surface area contributed by atoms with Crippen LogP contribution in [-0.4, -0.2) is 4.98 Å². The summed E-state index contributed by atoms with van der Waals surface area (Å²) in [5.74, 6) is 0.545. The molecule has 0 saturated carbocycles. The topological polar surface area (TPSA) is 26.0 Å². The van der Waals surface area contributed by atoms with Gasteiger partial charge >= 0.3 is 0 Å². The minimum atomic E-state index is 0.545. The zero-order valence-corrected chi connectivity index (χ0v) is 11.0. The number of halogens is 2. The van der Waals surface area contributed by atoms with E-state index in [2.05, 4.69) is 20.9 Å². The first-order valence-electron chi connectivity index (χ1n) is 5.05. The van der Waals surface area contributed by atoms with E-state index in [1.807, 2.05) is 42.5 Å². The Morgan fingerprint density at radius 2 is 1.94 bits per heavy atom.